The number of aliphatic carboxylic acids is 1. The van der Waals surface area contributed by atoms with E-state index in [0.29, 0.717) is 38.8 Å². The van der Waals surface area contributed by atoms with E-state index in [1.165, 1.54) is 0 Å². The lowest BCUT2D eigenvalue weighted by molar-refractivity contribution is -0.137. The first-order chi connectivity index (χ1) is 17.2. The third-order valence-corrected chi connectivity index (χ3v) is 6.08. The van der Waals surface area contributed by atoms with Crippen LogP contribution in [0, 0.1) is 0 Å². The van der Waals surface area contributed by atoms with Crippen LogP contribution in [0.15, 0.2) is 36.4 Å². The number of aromatic hydroxyl groups is 2. The first-order valence-corrected chi connectivity index (χ1v) is 13.0. The zero-order valence-corrected chi connectivity index (χ0v) is 22.6. The summed E-state index contributed by atoms with van der Waals surface area (Å²) in [6.45, 7) is 11.5. The van der Waals surface area contributed by atoms with E-state index in [0.717, 1.165) is 41.9 Å². The van der Waals surface area contributed by atoms with E-state index in [2.05, 4.69) is 16.7 Å². The van der Waals surface area contributed by atoms with Crippen LogP contribution in [-0.2, 0) is 35.5 Å². The Morgan fingerprint density at radius 2 is 1.33 bits per heavy atom. The number of ketones is 1. The molecule has 0 aliphatic heterocycles. The van der Waals surface area contributed by atoms with Gasteiger partial charge in [-0.25, -0.2) is 0 Å². The maximum atomic E-state index is 11.6. The third-order valence-electron chi connectivity index (χ3n) is 6.08. The molecule has 2 aromatic rings. The van der Waals surface area contributed by atoms with E-state index in [9.17, 15) is 19.8 Å². The van der Waals surface area contributed by atoms with Gasteiger partial charge in [0.1, 0.15) is 17.3 Å². The van der Waals surface area contributed by atoms with Crippen molar-refractivity contribution in [2.45, 2.75) is 72.9 Å². The molecule has 0 amide bonds. The number of carboxylic acids is 1. The summed E-state index contributed by atoms with van der Waals surface area (Å²) in [5.74, 6) is -0.120. The lowest BCUT2D eigenvalue weighted by atomic mass is 10.0. The van der Waals surface area contributed by atoms with Crippen molar-refractivity contribution < 1.29 is 24.9 Å². The van der Waals surface area contributed by atoms with Gasteiger partial charge >= 0.3 is 5.97 Å². The number of rotatable bonds is 15. The van der Waals surface area contributed by atoms with Gasteiger partial charge in [-0.1, -0.05) is 52.0 Å². The van der Waals surface area contributed by atoms with E-state index in [1.54, 1.807) is 18.2 Å². The highest BCUT2D eigenvalue weighted by Gasteiger charge is 2.12. The first-order valence-electron chi connectivity index (χ1n) is 13.0. The minimum Gasteiger partial charge on any atom is -0.508 e. The van der Waals surface area contributed by atoms with Crippen LogP contribution in [0.25, 0.3) is 0 Å². The van der Waals surface area contributed by atoms with Crippen LogP contribution < -0.4 is 0 Å². The zero-order valence-electron chi connectivity index (χ0n) is 22.6. The molecule has 0 atom stereocenters. The molecule has 200 valence electrons. The quantitative estimate of drug-likeness (QED) is 0.316. The predicted molar refractivity (Wildman–Crippen MR) is 144 cm³/mol. The fraction of sp³-hybridized carbons (Fsp3) is 0.517. The van der Waals surface area contributed by atoms with Gasteiger partial charge in [0.25, 0.3) is 0 Å². The second kappa shape index (κ2) is 16.7. The maximum Gasteiger partial charge on any atom is 0.303 e. The van der Waals surface area contributed by atoms with Gasteiger partial charge in [-0.05, 0) is 49.7 Å². The van der Waals surface area contributed by atoms with Crippen molar-refractivity contribution in [2.75, 3.05) is 26.7 Å². The van der Waals surface area contributed by atoms with E-state index in [-0.39, 0.29) is 23.7 Å². The van der Waals surface area contributed by atoms with Crippen molar-refractivity contribution in [1.29, 1.82) is 0 Å². The summed E-state index contributed by atoms with van der Waals surface area (Å²) in [5, 5.41) is 29.5. The molecule has 0 unspecified atom stereocenters. The number of phenols is 2. The summed E-state index contributed by atoms with van der Waals surface area (Å²) in [7, 11) is 1.99. The Labute approximate surface area is 216 Å². The number of phenolic OH excluding ortho intramolecular Hbond substituents is 2. The predicted octanol–water partition coefficient (Wildman–Crippen LogP) is 5.01. The molecule has 2 rings (SSSR count). The minimum absolute atomic E-state index is 0.0640. The van der Waals surface area contributed by atoms with Crippen LogP contribution in [0.5, 0.6) is 11.5 Å². The number of hydrogen-bond donors (Lipinski definition) is 3. The molecule has 2 aromatic carbocycles. The fourth-order valence-electron chi connectivity index (χ4n) is 3.83. The van der Waals surface area contributed by atoms with Crippen molar-refractivity contribution in [1.82, 2.24) is 9.80 Å². The van der Waals surface area contributed by atoms with Crippen molar-refractivity contribution in [3.8, 4) is 11.5 Å². The number of carbonyl (C=O) groups is 2. The lowest BCUT2D eigenvalue weighted by Gasteiger charge is -2.25. The van der Waals surface area contributed by atoms with Crippen molar-refractivity contribution >= 4 is 11.8 Å². The van der Waals surface area contributed by atoms with Gasteiger partial charge in [-0.3, -0.25) is 14.5 Å². The molecule has 0 saturated heterocycles. The smallest absolute Gasteiger partial charge is 0.303 e. The zero-order chi connectivity index (χ0) is 27.1. The summed E-state index contributed by atoms with van der Waals surface area (Å²) in [5.41, 5.74) is 3.59. The minimum atomic E-state index is -0.836. The molecule has 0 fully saturated rings. The van der Waals surface area contributed by atoms with Gasteiger partial charge in [0.2, 0.25) is 0 Å². The molecule has 0 radical (unpaired) electrons. The fourth-order valence-corrected chi connectivity index (χ4v) is 3.83. The van der Waals surface area contributed by atoms with Gasteiger partial charge in [0.05, 0.1) is 0 Å². The molecule has 36 heavy (non-hydrogen) atoms. The number of likely N-dealkylation sites (N-methyl/N-ethyl adjacent to an activating group) is 2. The average molecular weight is 501 g/mol. The summed E-state index contributed by atoms with van der Waals surface area (Å²) in [6, 6.07) is 10.8. The van der Waals surface area contributed by atoms with E-state index >= 15 is 0 Å². The molecule has 0 aromatic heterocycles. The number of carbonyl (C=O) groups excluding carboxylic acids is 1. The Balaban J connectivity index is 0.00000316. The molecular formula is C29H44N2O5. The Morgan fingerprint density at radius 3 is 1.83 bits per heavy atom. The molecule has 7 heteroatoms. The summed E-state index contributed by atoms with van der Waals surface area (Å²) < 4.78 is 0. The van der Waals surface area contributed by atoms with E-state index in [4.69, 9.17) is 5.11 Å². The van der Waals surface area contributed by atoms with Crippen LogP contribution in [-0.4, -0.2) is 63.6 Å². The number of hydrogen-bond acceptors (Lipinski definition) is 6. The van der Waals surface area contributed by atoms with E-state index < -0.39 is 5.97 Å². The standard InChI is InChI=1S/C27H38N2O5.C2H6/c1-4-24(30)10-6-20-7-12-26(32)23(17-20)19-29(5-2)15-14-28(3)18-22-16-21(8-11-25(22)31)9-13-27(33)34;1-2/h7-8,11-12,16-17,31-32H,4-6,9-10,13-15,18-19H2,1-3H3,(H,33,34);1-2H3. The number of aryl methyl sites for hydroxylation is 2. The van der Waals surface area contributed by atoms with Crippen molar-refractivity contribution in [3.63, 3.8) is 0 Å². The van der Waals surface area contributed by atoms with Gasteiger partial charge in [-0.2, -0.15) is 0 Å². The van der Waals surface area contributed by atoms with Gasteiger partial charge in [-0.15, -0.1) is 0 Å². The average Bonchev–Trinajstić information content (AvgIpc) is 2.88. The molecule has 0 aliphatic carbocycles. The Morgan fingerprint density at radius 1 is 0.806 bits per heavy atom. The Bertz CT molecular complexity index is 961. The Kier molecular flexibility index (Phi) is 14.5. The molecular weight excluding hydrogens is 456 g/mol. The molecule has 3 N–H and O–H groups in total. The number of nitrogens with zero attached hydrogens (tertiary/aromatic N) is 2. The largest absolute Gasteiger partial charge is 0.508 e. The second-order valence-electron chi connectivity index (χ2n) is 8.82. The van der Waals surface area contributed by atoms with Crippen LogP contribution in [0.3, 0.4) is 0 Å². The normalized spacial score (nSPS) is 10.9. The summed E-state index contributed by atoms with van der Waals surface area (Å²) in [4.78, 5) is 26.8. The number of carboxylic acid groups (broad SMARTS) is 1. The highest BCUT2D eigenvalue weighted by molar-refractivity contribution is 5.78. The number of Topliss-reactive ketones (excluding diaryl/α,β-unsaturated/α-hetero) is 1. The highest BCUT2D eigenvalue weighted by Crippen LogP contribution is 2.23. The summed E-state index contributed by atoms with van der Waals surface area (Å²) in [6.07, 6.45) is 2.25. The summed E-state index contributed by atoms with van der Waals surface area (Å²) >= 11 is 0. The molecule has 0 aliphatic rings. The van der Waals surface area contributed by atoms with Crippen molar-refractivity contribution in [2.24, 2.45) is 0 Å². The number of benzene rings is 2. The van der Waals surface area contributed by atoms with E-state index in [1.807, 2.05) is 46.0 Å². The highest BCUT2D eigenvalue weighted by atomic mass is 16.4. The Hall–Kier alpha value is -2.90. The maximum absolute atomic E-state index is 11.6. The monoisotopic (exact) mass is 500 g/mol. The third kappa shape index (κ3) is 11.2. The van der Waals surface area contributed by atoms with Crippen molar-refractivity contribution in [3.05, 3.63) is 58.7 Å². The second-order valence-corrected chi connectivity index (χ2v) is 8.82. The van der Waals surface area contributed by atoms with Gasteiger partial charge in [0.15, 0.2) is 0 Å². The molecule has 7 nitrogen and oxygen atoms in total. The molecule has 0 spiro atoms. The SMILES string of the molecule is CC.CCC(=O)CCc1ccc(O)c(CN(CC)CCN(C)Cc2cc(CCC(=O)O)ccc2O)c1. The van der Waals surface area contributed by atoms with Gasteiger partial charge in [0, 0.05) is 56.6 Å². The van der Waals surface area contributed by atoms with Crippen LogP contribution in [0.1, 0.15) is 69.2 Å². The topological polar surface area (TPSA) is 101 Å². The van der Waals surface area contributed by atoms with Crippen LogP contribution >= 0.6 is 0 Å². The van der Waals surface area contributed by atoms with Crippen LogP contribution in [0.4, 0.5) is 0 Å². The molecule has 0 saturated carbocycles. The first kappa shape index (κ1) is 31.1. The van der Waals surface area contributed by atoms with Gasteiger partial charge < -0.3 is 20.2 Å². The molecule has 0 heterocycles. The van der Waals surface area contributed by atoms with Crippen LogP contribution in [0.2, 0.25) is 0 Å². The molecule has 0 bridgehead atoms. The lowest BCUT2D eigenvalue weighted by Crippen LogP contribution is -2.32.